The van der Waals surface area contributed by atoms with Gasteiger partial charge in [0.25, 0.3) is 0 Å². The molecule has 0 aromatic carbocycles. The van der Waals surface area contributed by atoms with E-state index in [0.717, 1.165) is 19.3 Å². The fourth-order valence-electron chi connectivity index (χ4n) is 1.61. The Morgan fingerprint density at radius 1 is 1.36 bits per heavy atom. The highest BCUT2D eigenvalue weighted by Crippen LogP contribution is 2.28. The highest BCUT2D eigenvalue weighted by Gasteiger charge is 2.22. The lowest BCUT2D eigenvalue weighted by molar-refractivity contribution is 0.228. The average molecular weight is 157 g/mol. The van der Waals surface area contributed by atoms with Crippen LogP contribution < -0.4 is 0 Å². The van der Waals surface area contributed by atoms with Gasteiger partial charge in [0.1, 0.15) is 6.73 Å². The minimum atomic E-state index is -0.111. The van der Waals surface area contributed by atoms with E-state index in [1.165, 1.54) is 0 Å². The van der Waals surface area contributed by atoms with Gasteiger partial charge in [0.2, 0.25) is 0 Å². The molecule has 64 valence electrons. The smallest absolute Gasteiger partial charge is 0.133 e. The standard InChI is InChI=1S/C8H15NO2/c10-5-8-2-1-7(3-8)4-9-6-11/h4,7-8,10-11H,1-3,5-6H2/b9-4-. The van der Waals surface area contributed by atoms with Gasteiger partial charge in [-0.1, -0.05) is 0 Å². The molecule has 3 heteroatoms. The summed E-state index contributed by atoms with van der Waals surface area (Å²) in [7, 11) is 0. The van der Waals surface area contributed by atoms with Crippen LogP contribution in [0.1, 0.15) is 19.3 Å². The van der Waals surface area contributed by atoms with Gasteiger partial charge in [-0.05, 0) is 31.1 Å². The SMILES string of the molecule is OC/N=C\C1CCC(CO)C1. The molecule has 0 aliphatic heterocycles. The van der Waals surface area contributed by atoms with E-state index >= 15 is 0 Å². The number of aliphatic hydroxyl groups is 2. The Bertz CT molecular complexity index is 136. The average Bonchev–Trinajstić information content (AvgIpc) is 2.48. The molecule has 11 heavy (non-hydrogen) atoms. The predicted octanol–water partition coefficient (Wildman–Crippen LogP) is 0.416. The second-order valence-corrected chi connectivity index (χ2v) is 3.09. The molecular weight excluding hydrogens is 142 g/mol. The molecule has 2 unspecified atom stereocenters. The minimum absolute atomic E-state index is 0.111. The molecule has 0 bridgehead atoms. The molecule has 1 rings (SSSR count). The molecule has 0 amide bonds. The van der Waals surface area contributed by atoms with Crippen molar-refractivity contribution in [3.8, 4) is 0 Å². The second kappa shape index (κ2) is 4.46. The fraction of sp³-hybridized carbons (Fsp3) is 0.875. The molecule has 1 aliphatic carbocycles. The van der Waals surface area contributed by atoms with Crippen LogP contribution in [-0.4, -0.2) is 29.8 Å². The molecule has 0 heterocycles. The number of nitrogens with zero attached hydrogens (tertiary/aromatic N) is 1. The molecular formula is C8H15NO2. The molecule has 0 saturated heterocycles. The number of hydrogen-bond acceptors (Lipinski definition) is 3. The first-order valence-corrected chi connectivity index (χ1v) is 4.08. The van der Waals surface area contributed by atoms with Gasteiger partial charge in [0.15, 0.2) is 0 Å². The highest BCUT2D eigenvalue weighted by molar-refractivity contribution is 5.60. The molecule has 2 N–H and O–H groups in total. The van der Waals surface area contributed by atoms with Gasteiger partial charge in [0, 0.05) is 12.8 Å². The van der Waals surface area contributed by atoms with Crippen molar-refractivity contribution in [2.24, 2.45) is 16.8 Å². The fourth-order valence-corrected chi connectivity index (χ4v) is 1.61. The summed E-state index contributed by atoms with van der Waals surface area (Å²) in [6.07, 6.45) is 5.04. The van der Waals surface area contributed by atoms with Crippen LogP contribution in [0, 0.1) is 11.8 Å². The van der Waals surface area contributed by atoms with Crippen LogP contribution in [0.5, 0.6) is 0 Å². The maximum absolute atomic E-state index is 8.82. The summed E-state index contributed by atoms with van der Waals surface area (Å²) in [6, 6.07) is 0. The van der Waals surface area contributed by atoms with Crippen LogP contribution in [0.15, 0.2) is 4.99 Å². The molecule has 0 aromatic rings. The van der Waals surface area contributed by atoms with Gasteiger partial charge in [0.05, 0.1) is 0 Å². The Hall–Kier alpha value is -0.410. The van der Waals surface area contributed by atoms with Crippen molar-refractivity contribution in [2.45, 2.75) is 19.3 Å². The van der Waals surface area contributed by atoms with Crippen LogP contribution in [-0.2, 0) is 0 Å². The van der Waals surface area contributed by atoms with Crippen molar-refractivity contribution in [3.05, 3.63) is 0 Å². The predicted molar refractivity (Wildman–Crippen MR) is 43.5 cm³/mol. The summed E-state index contributed by atoms with van der Waals surface area (Å²) in [4.78, 5) is 3.77. The Labute approximate surface area is 66.8 Å². The molecule has 2 atom stereocenters. The number of hydrogen-bond donors (Lipinski definition) is 2. The number of rotatable bonds is 3. The molecule has 0 spiro atoms. The molecule has 0 aromatic heterocycles. The highest BCUT2D eigenvalue weighted by atomic mass is 16.3. The van der Waals surface area contributed by atoms with Crippen molar-refractivity contribution in [3.63, 3.8) is 0 Å². The Morgan fingerprint density at radius 3 is 2.73 bits per heavy atom. The van der Waals surface area contributed by atoms with Crippen molar-refractivity contribution in [2.75, 3.05) is 13.3 Å². The Balaban J connectivity index is 2.24. The molecule has 1 fully saturated rings. The topological polar surface area (TPSA) is 52.8 Å². The molecule has 0 radical (unpaired) electrons. The van der Waals surface area contributed by atoms with Gasteiger partial charge < -0.3 is 10.2 Å². The van der Waals surface area contributed by atoms with E-state index in [9.17, 15) is 0 Å². The maximum Gasteiger partial charge on any atom is 0.133 e. The first kappa shape index (κ1) is 8.68. The first-order chi connectivity index (χ1) is 5.36. The summed E-state index contributed by atoms with van der Waals surface area (Å²) in [5, 5.41) is 17.2. The van der Waals surface area contributed by atoms with Crippen LogP contribution in [0.3, 0.4) is 0 Å². The lowest BCUT2D eigenvalue weighted by atomic mass is 10.1. The largest absolute Gasteiger partial charge is 0.396 e. The van der Waals surface area contributed by atoms with Gasteiger partial charge >= 0.3 is 0 Å². The monoisotopic (exact) mass is 157 g/mol. The van der Waals surface area contributed by atoms with Crippen molar-refractivity contribution >= 4 is 6.21 Å². The van der Waals surface area contributed by atoms with E-state index in [2.05, 4.69) is 4.99 Å². The lowest BCUT2D eigenvalue weighted by Crippen LogP contribution is -2.01. The number of aliphatic imine (C=N–C) groups is 1. The van der Waals surface area contributed by atoms with Crippen molar-refractivity contribution in [1.29, 1.82) is 0 Å². The van der Waals surface area contributed by atoms with Crippen molar-refractivity contribution in [1.82, 2.24) is 0 Å². The quantitative estimate of drug-likeness (QED) is 0.583. The molecule has 3 nitrogen and oxygen atoms in total. The summed E-state index contributed by atoms with van der Waals surface area (Å²) in [5.74, 6) is 0.949. The van der Waals surface area contributed by atoms with E-state index in [-0.39, 0.29) is 6.73 Å². The lowest BCUT2D eigenvalue weighted by Gasteiger charge is -2.02. The third kappa shape index (κ3) is 2.60. The van der Waals surface area contributed by atoms with Crippen molar-refractivity contribution < 1.29 is 10.2 Å². The van der Waals surface area contributed by atoms with Gasteiger partial charge in [-0.3, -0.25) is 4.99 Å². The first-order valence-electron chi connectivity index (χ1n) is 4.08. The Morgan fingerprint density at radius 2 is 2.18 bits per heavy atom. The summed E-state index contributed by atoms with van der Waals surface area (Å²) in [6.45, 7) is 0.184. The zero-order chi connectivity index (χ0) is 8.10. The molecule has 1 aliphatic rings. The van der Waals surface area contributed by atoms with E-state index in [4.69, 9.17) is 10.2 Å². The van der Waals surface area contributed by atoms with E-state index in [1.54, 1.807) is 0 Å². The second-order valence-electron chi connectivity index (χ2n) is 3.09. The van der Waals surface area contributed by atoms with E-state index in [0.29, 0.717) is 18.4 Å². The maximum atomic E-state index is 8.82. The normalized spacial score (nSPS) is 31.8. The van der Waals surface area contributed by atoms with Gasteiger partial charge in [-0.25, -0.2) is 0 Å². The van der Waals surface area contributed by atoms with Crippen LogP contribution in [0.4, 0.5) is 0 Å². The zero-order valence-corrected chi connectivity index (χ0v) is 6.61. The Kier molecular flexibility index (Phi) is 3.52. The zero-order valence-electron chi connectivity index (χ0n) is 6.61. The minimum Gasteiger partial charge on any atom is -0.396 e. The summed E-state index contributed by atoms with van der Waals surface area (Å²) in [5.41, 5.74) is 0. The van der Waals surface area contributed by atoms with Gasteiger partial charge in [-0.15, -0.1) is 0 Å². The third-order valence-electron chi connectivity index (χ3n) is 2.24. The summed E-state index contributed by atoms with van der Waals surface area (Å²) < 4.78 is 0. The van der Waals surface area contributed by atoms with E-state index in [1.807, 2.05) is 6.21 Å². The van der Waals surface area contributed by atoms with Crippen LogP contribution >= 0.6 is 0 Å². The third-order valence-corrected chi connectivity index (χ3v) is 2.24. The number of aliphatic hydroxyl groups excluding tert-OH is 2. The van der Waals surface area contributed by atoms with Gasteiger partial charge in [-0.2, -0.15) is 0 Å². The summed E-state index contributed by atoms with van der Waals surface area (Å²) >= 11 is 0. The van der Waals surface area contributed by atoms with Crippen LogP contribution in [0.25, 0.3) is 0 Å². The molecule has 1 saturated carbocycles. The van der Waals surface area contributed by atoms with E-state index < -0.39 is 0 Å². The van der Waals surface area contributed by atoms with Crippen LogP contribution in [0.2, 0.25) is 0 Å².